The van der Waals surface area contributed by atoms with Crippen LogP contribution >= 0.6 is 0 Å². The Morgan fingerprint density at radius 3 is 2.03 bits per heavy atom. The largest absolute Gasteiger partial charge is 0.432 e. The number of nitrogens with zero attached hydrogens (tertiary/aromatic N) is 2. The highest BCUT2D eigenvalue weighted by Crippen LogP contribution is 2.30. The molecule has 30 heavy (non-hydrogen) atoms. The molecule has 0 radical (unpaired) electrons. The number of rotatable bonds is 3. The van der Waals surface area contributed by atoms with Gasteiger partial charge in [0.1, 0.15) is 12.2 Å². The zero-order valence-corrected chi connectivity index (χ0v) is 14.3. The van der Waals surface area contributed by atoms with Gasteiger partial charge in [0, 0.05) is 11.6 Å². The Morgan fingerprint density at radius 2 is 1.57 bits per heavy atom. The third-order valence-corrected chi connectivity index (χ3v) is 3.26. The number of aromatic amines is 1. The fourth-order valence-corrected chi connectivity index (χ4v) is 1.92. The summed E-state index contributed by atoms with van der Waals surface area (Å²) in [5, 5.41) is 8.43. The van der Waals surface area contributed by atoms with E-state index in [2.05, 4.69) is 10.1 Å². The lowest BCUT2D eigenvalue weighted by Gasteiger charge is -2.12. The predicted octanol–water partition coefficient (Wildman–Crippen LogP) is 4.21. The highest BCUT2D eigenvalue weighted by atomic mass is 19.4. The molecule has 1 aromatic heterocycles. The van der Waals surface area contributed by atoms with Crippen LogP contribution in [0, 0.1) is 0 Å². The molecular weight excluding hydrogens is 437 g/mol. The monoisotopic (exact) mass is 447 g/mol. The summed E-state index contributed by atoms with van der Waals surface area (Å²) in [6, 6.07) is 3.01. The van der Waals surface area contributed by atoms with Crippen LogP contribution in [0.1, 0.15) is 21.6 Å². The Hall–Kier alpha value is -3.26. The van der Waals surface area contributed by atoms with Crippen LogP contribution in [0.4, 0.5) is 45.3 Å². The Labute approximate surface area is 161 Å². The summed E-state index contributed by atoms with van der Waals surface area (Å²) in [6.07, 6.45) is -14.3. The molecule has 164 valence electrons. The molecule has 0 atom stereocenters. The molecule has 0 unspecified atom stereocenters. The number of aliphatic imine (C=N–C) groups is 1. The third kappa shape index (κ3) is 6.66. The van der Waals surface area contributed by atoms with Crippen LogP contribution in [0.25, 0.3) is 0 Å². The van der Waals surface area contributed by atoms with Gasteiger partial charge in [0.15, 0.2) is 5.82 Å². The number of carbonyl (C=O) groups excluding carboxylic acids is 1. The van der Waals surface area contributed by atoms with Crippen molar-refractivity contribution in [1.82, 2.24) is 15.5 Å². The molecule has 3 N–H and O–H groups in total. The van der Waals surface area contributed by atoms with E-state index in [1.807, 2.05) is 5.32 Å². The van der Waals surface area contributed by atoms with Crippen LogP contribution in [0.5, 0.6) is 0 Å². The minimum Gasteiger partial charge on any atom is -0.347 e. The summed E-state index contributed by atoms with van der Waals surface area (Å²) in [7, 11) is 0. The van der Waals surface area contributed by atoms with Gasteiger partial charge >= 0.3 is 18.5 Å². The van der Waals surface area contributed by atoms with E-state index < -0.39 is 59.6 Å². The van der Waals surface area contributed by atoms with Crippen molar-refractivity contribution in [2.24, 2.45) is 4.99 Å². The second kappa shape index (κ2) is 8.23. The summed E-state index contributed by atoms with van der Waals surface area (Å²) in [4.78, 5) is 15.3. The van der Waals surface area contributed by atoms with E-state index in [0.717, 1.165) is 12.1 Å². The first-order valence-electron chi connectivity index (χ1n) is 7.66. The third-order valence-electron chi connectivity index (χ3n) is 3.26. The summed E-state index contributed by atoms with van der Waals surface area (Å²) in [6.45, 7) is -1.71. The first kappa shape index (κ1) is 23.0. The highest BCUT2D eigenvalue weighted by molar-refractivity contribution is 6.06. The number of hydrogen-bond donors (Lipinski definition) is 3. The van der Waals surface area contributed by atoms with Crippen molar-refractivity contribution in [1.29, 1.82) is 0 Å². The van der Waals surface area contributed by atoms with Gasteiger partial charge in [-0.3, -0.25) is 9.89 Å². The van der Waals surface area contributed by atoms with Gasteiger partial charge in [-0.2, -0.15) is 49.6 Å². The molecule has 0 aliphatic rings. The van der Waals surface area contributed by atoms with Crippen LogP contribution in [0.2, 0.25) is 0 Å². The molecule has 1 amide bonds. The second-order valence-corrected chi connectivity index (χ2v) is 5.60. The molecule has 0 fully saturated rings. The maximum Gasteiger partial charge on any atom is 0.432 e. The van der Waals surface area contributed by atoms with Crippen molar-refractivity contribution >= 4 is 17.7 Å². The average molecular weight is 447 g/mol. The molecule has 0 saturated heterocycles. The summed E-state index contributed by atoms with van der Waals surface area (Å²) < 4.78 is 113. The Morgan fingerprint density at radius 1 is 0.967 bits per heavy atom. The van der Waals surface area contributed by atoms with E-state index in [-0.39, 0.29) is 0 Å². The molecule has 0 bridgehead atoms. The normalized spacial score (nSPS) is 13.3. The number of aromatic nitrogens is 2. The molecule has 15 heteroatoms. The number of nitrogens with one attached hydrogen (secondary N) is 3. The molecule has 0 saturated carbocycles. The van der Waals surface area contributed by atoms with Crippen molar-refractivity contribution in [3.63, 3.8) is 0 Å². The van der Waals surface area contributed by atoms with E-state index in [9.17, 15) is 44.3 Å². The standard InChI is InChI=1S/C15H10F9N5O/c16-13(17,18)6-25-12(26-10-5-9(28-29-10)15(22,23)24)27-11(30)7-1-3-8(4-2-7)14(19,20)21/h1-5H,6H2,(H3,25,26,27,28,29,30). The zero-order chi connectivity index (χ0) is 22.7. The molecular formula is C15H10F9N5O. The molecule has 1 heterocycles. The van der Waals surface area contributed by atoms with Gasteiger partial charge in [0.2, 0.25) is 5.96 Å². The van der Waals surface area contributed by atoms with E-state index in [1.54, 1.807) is 10.4 Å². The van der Waals surface area contributed by atoms with Crippen LogP contribution in [0.15, 0.2) is 35.3 Å². The molecule has 1 aromatic carbocycles. The topological polar surface area (TPSA) is 82.2 Å². The lowest BCUT2D eigenvalue weighted by Crippen LogP contribution is -2.38. The Bertz CT molecular complexity index is 910. The molecule has 2 aromatic rings. The fourth-order valence-electron chi connectivity index (χ4n) is 1.92. The van der Waals surface area contributed by atoms with Gasteiger partial charge in [0.05, 0.1) is 5.56 Å². The predicted molar refractivity (Wildman–Crippen MR) is 84.5 cm³/mol. The quantitative estimate of drug-likeness (QED) is 0.374. The van der Waals surface area contributed by atoms with Gasteiger partial charge in [-0.25, -0.2) is 0 Å². The smallest absolute Gasteiger partial charge is 0.347 e. The maximum absolute atomic E-state index is 12.6. The van der Waals surface area contributed by atoms with Gasteiger partial charge in [-0.15, -0.1) is 0 Å². The first-order valence-corrected chi connectivity index (χ1v) is 7.66. The molecule has 6 nitrogen and oxygen atoms in total. The van der Waals surface area contributed by atoms with Crippen molar-refractivity contribution < 1.29 is 44.3 Å². The van der Waals surface area contributed by atoms with Gasteiger partial charge in [0.25, 0.3) is 5.91 Å². The molecule has 0 spiro atoms. The van der Waals surface area contributed by atoms with E-state index in [1.165, 1.54) is 0 Å². The number of carbonyl (C=O) groups is 1. The minimum absolute atomic E-state index is 0.408. The van der Waals surface area contributed by atoms with E-state index >= 15 is 0 Å². The second-order valence-electron chi connectivity index (χ2n) is 5.60. The maximum atomic E-state index is 12.6. The number of amides is 1. The Kier molecular flexibility index (Phi) is 6.32. The van der Waals surface area contributed by atoms with Crippen LogP contribution in [0.3, 0.4) is 0 Å². The SMILES string of the molecule is O=C(/N=C(/NCC(F)(F)F)Nc1cc(C(F)(F)F)[nH]n1)c1ccc(C(F)(F)F)cc1. The number of hydrogen-bond acceptors (Lipinski definition) is 2. The molecule has 0 aliphatic heterocycles. The van der Waals surface area contributed by atoms with Crippen molar-refractivity contribution in [3.05, 3.63) is 47.2 Å². The summed E-state index contributed by atoms with van der Waals surface area (Å²) in [5.41, 5.74) is -2.81. The van der Waals surface area contributed by atoms with Crippen molar-refractivity contribution in [2.45, 2.75) is 18.5 Å². The van der Waals surface area contributed by atoms with Gasteiger partial charge < -0.3 is 10.6 Å². The number of alkyl halides is 9. The summed E-state index contributed by atoms with van der Waals surface area (Å²) in [5.74, 6) is -2.79. The van der Waals surface area contributed by atoms with Crippen LogP contribution in [-0.2, 0) is 12.4 Å². The lowest BCUT2D eigenvalue weighted by atomic mass is 10.1. The first-order chi connectivity index (χ1) is 13.6. The minimum atomic E-state index is -4.82. The molecule has 0 aliphatic carbocycles. The van der Waals surface area contributed by atoms with E-state index in [4.69, 9.17) is 0 Å². The van der Waals surface area contributed by atoms with E-state index in [0.29, 0.717) is 18.2 Å². The number of halogens is 9. The van der Waals surface area contributed by atoms with Crippen molar-refractivity contribution in [2.75, 3.05) is 11.9 Å². The lowest BCUT2D eigenvalue weighted by molar-refractivity contribution is -0.141. The zero-order valence-electron chi connectivity index (χ0n) is 14.3. The summed E-state index contributed by atoms with van der Waals surface area (Å²) >= 11 is 0. The van der Waals surface area contributed by atoms with Crippen LogP contribution < -0.4 is 10.6 Å². The number of H-pyrrole nitrogens is 1. The molecule has 2 rings (SSSR count). The average Bonchev–Trinajstić information content (AvgIpc) is 3.07. The fraction of sp³-hybridized carbons (Fsp3) is 0.267. The number of guanidine groups is 1. The van der Waals surface area contributed by atoms with Crippen molar-refractivity contribution in [3.8, 4) is 0 Å². The van der Waals surface area contributed by atoms with Crippen LogP contribution in [-0.4, -0.2) is 34.8 Å². The van der Waals surface area contributed by atoms with Gasteiger partial charge in [-0.1, -0.05) is 0 Å². The number of benzene rings is 1. The Balaban J connectivity index is 2.25. The highest BCUT2D eigenvalue weighted by Gasteiger charge is 2.33. The van der Waals surface area contributed by atoms with Gasteiger partial charge in [-0.05, 0) is 24.3 Å². The number of anilines is 1.